The second kappa shape index (κ2) is 11.7. The molecule has 0 saturated carbocycles. The molecule has 8 nitrogen and oxygen atoms in total. The third-order valence-electron chi connectivity index (χ3n) is 7.51. The fraction of sp³-hybridized carbons (Fsp3) is 0.0556. The summed E-state index contributed by atoms with van der Waals surface area (Å²) in [6.45, 7) is 0. The van der Waals surface area contributed by atoms with Gasteiger partial charge in [-0.15, -0.1) is 20.4 Å². The highest BCUT2D eigenvalue weighted by molar-refractivity contribution is 6.02. The van der Waals surface area contributed by atoms with E-state index < -0.39 is 0 Å². The summed E-state index contributed by atoms with van der Waals surface area (Å²) in [5.74, 6) is 2.97. The van der Waals surface area contributed by atoms with Crippen LogP contribution in [0.5, 0.6) is 11.5 Å². The van der Waals surface area contributed by atoms with Gasteiger partial charge < -0.3 is 20.1 Å². The minimum absolute atomic E-state index is 0.685. The van der Waals surface area contributed by atoms with Crippen LogP contribution in [0.2, 0.25) is 0 Å². The van der Waals surface area contributed by atoms with Crippen LogP contribution in [-0.4, -0.2) is 34.6 Å². The molecule has 0 spiro atoms. The number of methoxy groups -OCH3 is 2. The Balaban J connectivity index is 1.14. The molecular weight excluding hydrogens is 548 g/mol. The van der Waals surface area contributed by atoms with E-state index in [1.807, 2.05) is 97.1 Å². The second-order valence-electron chi connectivity index (χ2n) is 10.2. The normalized spacial score (nSPS) is 11.0. The highest BCUT2D eigenvalue weighted by atomic mass is 16.5. The van der Waals surface area contributed by atoms with Crippen molar-refractivity contribution in [2.45, 2.75) is 0 Å². The van der Waals surface area contributed by atoms with Crippen molar-refractivity contribution < 1.29 is 9.47 Å². The Morgan fingerprint density at radius 3 is 1.14 bits per heavy atom. The molecule has 0 bridgehead atoms. The molecule has 7 aromatic rings. The summed E-state index contributed by atoms with van der Waals surface area (Å²) in [7, 11) is 3.32. The number of nitrogens with zero attached hydrogens (tertiary/aromatic N) is 4. The van der Waals surface area contributed by atoms with E-state index in [4.69, 9.17) is 9.47 Å². The van der Waals surface area contributed by atoms with E-state index in [1.54, 1.807) is 14.2 Å². The number of nitrogens with one attached hydrogen (secondary N) is 2. The monoisotopic (exact) mass is 576 g/mol. The van der Waals surface area contributed by atoms with E-state index in [-0.39, 0.29) is 0 Å². The van der Waals surface area contributed by atoms with Crippen LogP contribution in [0, 0.1) is 0 Å². The third-order valence-corrected chi connectivity index (χ3v) is 7.51. The summed E-state index contributed by atoms with van der Waals surface area (Å²) in [6.07, 6.45) is 0. The molecule has 8 heteroatoms. The van der Waals surface area contributed by atoms with Gasteiger partial charge in [-0.1, -0.05) is 48.5 Å². The molecule has 0 aliphatic rings. The first-order chi connectivity index (χ1) is 21.7. The quantitative estimate of drug-likeness (QED) is 0.186. The van der Waals surface area contributed by atoms with Gasteiger partial charge in [-0.05, 0) is 72.8 Å². The molecule has 44 heavy (non-hydrogen) atoms. The number of anilines is 4. The first kappa shape index (κ1) is 26.9. The fourth-order valence-electron chi connectivity index (χ4n) is 5.23. The van der Waals surface area contributed by atoms with Crippen molar-refractivity contribution >= 4 is 44.6 Å². The van der Waals surface area contributed by atoms with Crippen LogP contribution in [0.1, 0.15) is 0 Å². The molecule has 0 saturated heterocycles. The lowest BCUT2D eigenvalue weighted by Crippen LogP contribution is -2.01. The van der Waals surface area contributed by atoms with Gasteiger partial charge in [-0.25, -0.2) is 0 Å². The molecule has 0 fully saturated rings. The summed E-state index contributed by atoms with van der Waals surface area (Å²) < 4.78 is 10.6. The lowest BCUT2D eigenvalue weighted by Gasteiger charge is -2.13. The number of hydrogen-bond acceptors (Lipinski definition) is 8. The van der Waals surface area contributed by atoms with Crippen LogP contribution in [0.3, 0.4) is 0 Å². The summed E-state index contributed by atoms with van der Waals surface area (Å²) >= 11 is 0. The minimum Gasteiger partial charge on any atom is -0.497 e. The Morgan fingerprint density at radius 1 is 0.409 bits per heavy atom. The lowest BCUT2D eigenvalue weighted by atomic mass is 10.0. The predicted octanol–water partition coefficient (Wildman–Crippen LogP) is 8.41. The number of fused-ring (bicyclic) bond motifs is 2. The predicted molar refractivity (Wildman–Crippen MR) is 176 cm³/mol. The smallest absolute Gasteiger partial charge is 0.161 e. The molecule has 0 unspecified atom stereocenters. The Bertz CT molecular complexity index is 1930. The summed E-state index contributed by atoms with van der Waals surface area (Å²) in [5, 5.41) is 29.1. The van der Waals surface area contributed by atoms with E-state index in [9.17, 15) is 0 Å². The van der Waals surface area contributed by atoms with Crippen molar-refractivity contribution in [2.24, 2.45) is 0 Å². The van der Waals surface area contributed by atoms with Crippen LogP contribution in [0.4, 0.5) is 23.0 Å². The topological polar surface area (TPSA) is 94.1 Å². The molecule has 2 aromatic heterocycles. The third kappa shape index (κ3) is 5.20. The van der Waals surface area contributed by atoms with Crippen molar-refractivity contribution in [1.29, 1.82) is 0 Å². The van der Waals surface area contributed by atoms with Gasteiger partial charge in [-0.3, -0.25) is 0 Å². The summed E-state index contributed by atoms with van der Waals surface area (Å²) in [6, 6.07) is 39.9. The van der Waals surface area contributed by atoms with E-state index in [0.29, 0.717) is 11.6 Å². The fourth-order valence-corrected chi connectivity index (χ4v) is 5.23. The Morgan fingerprint density at radius 2 is 0.773 bits per heavy atom. The minimum atomic E-state index is 0.685. The number of ether oxygens (including phenoxy) is 2. The van der Waals surface area contributed by atoms with Crippen molar-refractivity contribution in [1.82, 2.24) is 20.4 Å². The first-order valence-corrected chi connectivity index (χ1v) is 14.1. The maximum absolute atomic E-state index is 5.31. The highest BCUT2D eigenvalue weighted by Crippen LogP contribution is 2.34. The average Bonchev–Trinajstić information content (AvgIpc) is 3.09. The molecule has 0 aliphatic carbocycles. The molecule has 0 amide bonds. The standard InChI is InChI=1S/C36H28N6O2/c1-43-27-19-11-23(12-20-27)33-29-7-3-5-9-31(29)35(41-39-33)37-25-15-17-26(18-16-25)38-36-32-10-6-4-8-30(32)34(40-42-36)24-13-21-28(44-2)22-14-24/h3-22H,1-2H3,(H,37,41)(H,38,42). The van der Waals surface area contributed by atoms with Gasteiger partial charge in [0.15, 0.2) is 11.6 Å². The number of hydrogen-bond donors (Lipinski definition) is 2. The molecule has 0 radical (unpaired) electrons. The largest absolute Gasteiger partial charge is 0.497 e. The molecule has 5 aromatic carbocycles. The van der Waals surface area contributed by atoms with Crippen LogP contribution in [0.15, 0.2) is 121 Å². The molecule has 2 N–H and O–H groups in total. The average molecular weight is 577 g/mol. The van der Waals surface area contributed by atoms with Gasteiger partial charge in [0.25, 0.3) is 0 Å². The van der Waals surface area contributed by atoms with Crippen molar-refractivity contribution in [3.63, 3.8) is 0 Å². The van der Waals surface area contributed by atoms with Crippen LogP contribution >= 0.6 is 0 Å². The van der Waals surface area contributed by atoms with Crippen LogP contribution in [0.25, 0.3) is 44.1 Å². The zero-order valence-corrected chi connectivity index (χ0v) is 24.2. The van der Waals surface area contributed by atoms with Crippen LogP contribution < -0.4 is 20.1 Å². The Kier molecular flexibility index (Phi) is 7.14. The maximum Gasteiger partial charge on any atom is 0.161 e. The molecule has 7 rings (SSSR count). The van der Waals surface area contributed by atoms with Crippen molar-refractivity contribution in [3.8, 4) is 34.0 Å². The zero-order chi connectivity index (χ0) is 29.9. The van der Waals surface area contributed by atoms with Gasteiger partial charge in [-0.2, -0.15) is 0 Å². The van der Waals surface area contributed by atoms with Gasteiger partial charge in [0.2, 0.25) is 0 Å². The second-order valence-corrected chi connectivity index (χ2v) is 10.2. The number of aromatic nitrogens is 4. The van der Waals surface area contributed by atoms with E-state index in [1.165, 1.54) is 0 Å². The van der Waals surface area contributed by atoms with E-state index >= 15 is 0 Å². The first-order valence-electron chi connectivity index (χ1n) is 14.1. The van der Waals surface area contributed by atoms with Crippen molar-refractivity contribution in [2.75, 3.05) is 24.9 Å². The Hall–Kier alpha value is -6.02. The SMILES string of the molecule is COc1ccc(-c2nnc(Nc3ccc(Nc4nnc(-c5ccc(OC)cc5)c5ccccc45)cc3)c3ccccc23)cc1. The van der Waals surface area contributed by atoms with Crippen LogP contribution in [-0.2, 0) is 0 Å². The van der Waals surface area contributed by atoms with Gasteiger partial charge in [0.1, 0.15) is 22.9 Å². The van der Waals surface area contributed by atoms with Gasteiger partial charge >= 0.3 is 0 Å². The van der Waals surface area contributed by atoms with E-state index in [2.05, 4.69) is 55.3 Å². The highest BCUT2D eigenvalue weighted by Gasteiger charge is 2.13. The van der Waals surface area contributed by atoms with Crippen molar-refractivity contribution in [3.05, 3.63) is 121 Å². The molecule has 0 aliphatic heterocycles. The zero-order valence-electron chi connectivity index (χ0n) is 24.2. The lowest BCUT2D eigenvalue weighted by molar-refractivity contribution is 0.415. The molecule has 2 heterocycles. The molecular formula is C36H28N6O2. The summed E-state index contributed by atoms with van der Waals surface area (Å²) in [4.78, 5) is 0. The van der Waals surface area contributed by atoms with E-state index in [0.717, 1.165) is 66.9 Å². The number of rotatable bonds is 8. The van der Waals surface area contributed by atoms with Gasteiger partial charge in [0.05, 0.1) is 14.2 Å². The molecule has 214 valence electrons. The maximum atomic E-state index is 5.31. The summed E-state index contributed by atoms with van der Waals surface area (Å²) in [5.41, 5.74) is 5.36. The number of benzene rings is 5. The van der Waals surface area contributed by atoms with Gasteiger partial charge in [0, 0.05) is 44.0 Å². The molecule has 0 atom stereocenters. The Labute approximate surface area is 254 Å².